The lowest BCUT2D eigenvalue weighted by atomic mass is 9.97. The van der Waals surface area contributed by atoms with Crippen molar-refractivity contribution < 1.29 is 0 Å². The summed E-state index contributed by atoms with van der Waals surface area (Å²) in [7, 11) is 0. The Labute approximate surface area is 105 Å². The highest BCUT2D eigenvalue weighted by Gasteiger charge is 2.18. The first-order valence-electron chi connectivity index (χ1n) is 6.35. The summed E-state index contributed by atoms with van der Waals surface area (Å²) in [5.74, 6) is 0. The third-order valence-electron chi connectivity index (χ3n) is 3.46. The highest BCUT2D eigenvalue weighted by atomic mass is 32.1. The Morgan fingerprint density at radius 2 is 2.24 bits per heavy atom. The zero-order valence-corrected chi connectivity index (χ0v) is 10.9. The molecule has 0 radical (unpaired) electrons. The van der Waals surface area contributed by atoms with Crippen molar-refractivity contribution in [2.45, 2.75) is 45.6 Å². The van der Waals surface area contributed by atoms with E-state index in [0.29, 0.717) is 5.49 Å². The second-order valence-electron chi connectivity index (χ2n) is 4.68. The van der Waals surface area contributed by atoms with E-state index in [1.54, 1.807) is 11.3 Å². The van der Waals surface area contributed by atoms with Crippen LogP contribution in [0.15, 0.2) is 6.33 Å². The highest BCUT2D eigenvalue weighted by Crippen LogP contribution is 2.33. The van der Waals surface area contributed by atoms with Crippen LogP contribution in [0.4, 0.5) is 0 Å². The predicted molar refractivity (Wildman–Crippen MR) is 70.4 cm³/mol. The summed E-state index contributed by atoms with van der Waals surface area (Å²) in [6, 6.07) is 0. The molecular weight excluding hydrogens is 230 g/mol. The fourth-order valence-electron chi connectivity index (χ4n) is 2.62. The van der Waals surface area contributed by atoms with Crippen LogP contribution in [0, 0.1) is 5.41 Å². The Bertz CT molecular complexity index is 609. The molecule has 3 rings (SSSR count). The molecule has 0 fully saturated rings. The van der Waals surface area contributed by atoms with Crippen molar-refractivity contribution in [1.29, 1.82) is 5.41 Å². The molecule has 0 atom stereocenters. The van der Waals surface area contributed by atoms with Gasteiger partial charge in [0.15, 0.2) is 0 Å². The smallest absolute Gasteiger partial charge is 0.136 e. The molecular formula is C13H17N3S. The first kappa shape index (κ1) is 11.0. The third kappa shape index (κ3) is 1.71. The molecule has 0 saturated carbocycles. The summed E-state index contributed by atoms with van der Waals surface area (Å²) in [6.07, 6.45) is 7.76. The minimum atomic E-state index is 0.663. The van der Waals surface area contributed by atoms with Crippen molar-refractivity contribution in [2.24, 2.45) is 0 Å². The molecule has 0 aliphatic heterocycles. The lowest BCUT2D eigenvalue weighted by molar-refractivity contribution is 0.631. The first-order chi connectivity index (χ1) is 8.31. The monoisotopic (exact) mass is 247 g/mol. The molecule has 2 heterocycles. The molecule has 90 valence electrons. The summed E-state index contributed by atoms with van der Waals surface area (Å²) in [5.41, 5.74) is 2.08. The van der Waals surface area contributed by atoms with E-state index in [9.17, 15) is 0 Å². The number of hydrogen-bond acceptors (Lipinski definition) is 3. The Kier molecular flexibility index (Phi) is 2.74. The van der Waals surface area contributed by atoms with Crippen molar-refractivity contribution in [3.05, 3.63) is 22.3 Å². The van der Waals surface area contributed by atoms with Gasteiger partial charge in [0.25, 0.3) is 0 Å². The SMILES string of the molecule is CCCn1cnc2sc3c(c2c1=N)CCCC3. The topological polar surface area (TPSA) is 41.7 Å². The van der Waals surface area contributed by atoms with Crippen LogP contribution in [-0.2, 0) is 19.4 Å². The van der Waals surface area contributed by atoms with Gasteiger partial charge in [0.2, 0.25) is 0 Å². The van der Waals surface area contributed by atoms with Gasteiger partial charge in [0, 0.05) is 11.4 Å². The molecule has 1 N–H and O–H groups in total. The summed E-state index contributed by atoms with van der Waals surface area (Å²) in [6.45, 7) is 3.03. The van der Waals surface area contributed by atoms with Gasteiger partial charge in [-0.1, -0.05) is 6.92 Å². The van der Waals surface area contributed by atoms with Gasteiger partial charge in [-0.15, -0.1) is 11.3 Å². The lowest BCUT2D eigenvalue weighted by Gasteiger charge is -2.11. The molecule has 0 saturated heterocycles. The van der Waals surface area contributed by atoms with Crippen LogP contribution in [0.25, 0.3) is 10.2 Å². The fraction of sp³-hybridized carbons (Fsp3) is 0.538. The van der Waals surface area contributed by atoms with E-state index in [4.69, 9.17) is 5.41 Å². The van der Waals surface area contributed by atoms with Crippen LogP contribution in [0.2, 0.25) is 0 Å². The third-order valence-corrected chi connectivity index (χ3v) is 4.66. The number of aromatic nitrogens is 2. The number of thiophene rings is 1. The van der Waals surface area contributed by atoms with Gasteiger partial charge in [-0.25, -0.2) is 4.98 Å². The van der Waals surface area contributed by atoms with E-state index in [1.165, 1.54) is 29.7 Å². The van der Waals surface area contributed by atoms with Gasteiger partial charge in [0.05, 0.1) is 11.7 Å². The molecule has 1 aliphatic carbocycles. The maximum atomic E-state index is 8.33. The minimum absolute atomic E-state index is 0.663. The van der Waals surface area contributed by atoms with Crippen LogP contribution in [0.5, 0.6) is 0 Å². The molecule has 3 nitrogen and oxygen atoms in total. The lowest BCUT2D eigenvalue weighted by Crippen LogP contribution is -2.21. The zero-order chi connectivity index (χ0) is 11.8. The van der Waals surface area contributed by atoms with E-state index in [0.717, 1.165) is 29.6 Å². The highest BCUT2D eigenvalue weighted by molar-refractivity contribution is 7.18. The Morgan fingerprint density at radius 1 is 1.41 bits per heavy atom. The molecule has 0 bridgehead atoms. The van der Waals surface area contributed by atoms with Crippen LogP contribution in [0.1, 0.15) is 36.6 Å². The molecule has 0 spiro atoms. The summed E-state index contributed by atoms with van der Waals surface area (Å²) >= 11 is 1.80. The van der Waals surface area contributed by atoms with E-state index in [1.807, 2.05) is 10.9 Å². The van der Waals surface area contributed by atoms with Gasteiger partial charge >= 0.3 is 0 Å². The van der Waals surface area contributed by atoms with Gasteiger partial charge in [-0.05, 0) is 37.7 Å². The standard InChI is InChI=1S/C13H17N3S/c1-2-7-16-8-15-13-11(12(16)14)9-5-3-4-6-10(9)17-13/h8,14H,2-7H2,1H3. The summed E-state index contributed by atoms with van der Waals surface area (Å²) in [5, 5.41) is 9.45. The minimum Gasteiger partial charge on any atom is -0.317 e. The second kappa shape index (κ2) is 4.26. The summed E-state index contributed by atoms with van der Waals surface area (Å²) in [4.78, 5) is 7.06. The van der Waals surface area contributed by atoms with Crippen LogP contribution < -0.4 is 5.49 Å². The number of hydrogen-bond donors (Lipinski definition) is 1. The number of nitrogens with one attached hydrogen (secondary N) is 1. The zero-order valence-electron chi connectivity index (χ0n) is 10.1. The molecule has 2 aromatic rings. The number of aryl methyl sites for hydroxylation is 3. The van der Waals surface area contributed by atoms with Crippen LogP contribution in [0.3, 0.4) is 0 Å². The second-order valence-corrected chi connectivity index (χ2v) is 5.76. The molecule has 17 heavy (non-hydrogen) atoms. The van der Waals surface area contributed by atoms with Gasteiger partial charge in [-0.3, -0.25) is 5.41 Å². The fourth-order valence-corrected chi connectivity index (χ4v) is 3.85. The van der Waals surface area contributed by atoms with E-state index >= 15 is 0 Å². The molecule has 1 aliphatic rings. The van der Waals surface area contributed by atoms with E-state index in [-0.39, 0.29) is 0 Å². The van der Waals surface area contributed by atoms with E-state index < -0.39 is 0 Å². The number of fused-ring (bicyclic) bond motifs is 3. The number of rotatable bonds is 2. The Balaban J connectivity index is 2.27. The Morgan fingerprint density at radius 3 is 3.06 bits per heavy atom. The van der Waals surface area contributed by atoms with Crippen LogP contribution in [-0.4, -0.2) is 9.55 Å². The van der Waals surface area contributed by atoms with Crippen molar-refractivity contribution >= 4 is 21.6 Å². The van der Waals surface area contributed by atoms with Crippen LogP contribution >= 0.6 is 11.3 Å². The van der Waals surface area contributed by atoms with E-state index in [2.05, 4.69) is 11.9 Å². The maximum absolute atomic E-state index is 8.33. The predicted octanol–water partition coefficient (Wildman–Crippen LogP) is 2.87. The maximum Gasteiger partial charge on any atom is 0.136 e. The quantitative estimate of drug-likeness (QED) is 0.871. The van der Waals surface area contributed by atoms with Crippen molar-refractivity contribution in [3.8, 4) is 0 Å². The average molecular weight is 247 g/mol. The van der Waals surface area contributed by atoms with Crippen molar-refractivity contribution in [1.82, 2.24) is 9.55 Å². The first-order valence-corrected chi connectivity index (χ1v) is 7.17. The largest absolute Gasteiger partial charge is 0.317 e. The Hall–Kier alpha value is -1.16. The average Bonchev–Trinajstić information content (AvgIpc) is 2.72. The number of nitrogens with zero attached hydrogens (tertiary/aromatic N) is 2. The van der Waals surface area contributed by atoms with Crippen molar-refractivity contribution in [2.75, 3.05) is 0 Å². The van der Waals surface area contributed by atoms with Gasteiger partial charge in [-0.2, -0.15) is 0 Å². The van der Waals surface area contributed by atoms with Gasteiger partial charge < -0.3 is 4.57 Å². The molecule has 2 aromatic heterocycles. The normalized spacial score (nSPS) is 15.1. The summed E-state index contributed by atoms with van der Waals surface area (Å²) < 4.78 is 1.98. The molecule has 0 unspecified atom stereocenters. The molecule has 0 amide bonds. The van der Waals surface area contributed by atoms with Crippen molar-refractivity contribution in [3.63, 3.8) is 0 Å². The molecule has 4 heteroatoms. The van der Waals surface area contributed by atoms with Gasteiger partial charge in [0.1, 0.15) is 10.3 Å². The molecule has 0 aromatic carbocycles.